The Bertz CT molecular complexity index is 568. The van der Waals surface area contributed by atoms with Gasteiger partial charge in [0.05, 0.1) is 11.6 Å². The van der Waals surface area contributed by atoms with Crippen LogP contribution < -0.4 is 10.6 Å². The van der Waals surface area contributed by atoms with E-state index < -0.39 is 0 Å². The van der Waals surface area contributed by atoms with E-state index in [4.69, 9.17) is 0 Å². The SMILES string of the molecule is O=C(CC1CSc2ccccc2NC1=O)NC1CCCCCC1. The number of hydrogen-bond donors (Lipinski definition) is 2. The van der Waals surface area contributed by atoms with E-state index >= 15 is 0 Å². The molecule has 0 spiro atoms. The van der Waals surface area contributed by atoms with Gasteiger partial charge >= 0.3 is 0 Å². The highest BCUT2D eigenvalue weighted by Crippen LogP contribution is 2.33. The van der Waals surface area contributed by atoms with E-state index in [1.54, 1.807) is 11.8 Å². The van der Waals surface area contributed by atoms with Gasteiger partial charge in [-0.15, -0.1) is 11.8 Å². The fourth-order valence-corrected chi connectivity index (χ4v) is 4.38. The molecule has 3 rings (SSSR count). The zero-order valence-corrected chi connectivity index (χ0v) is 14.2. The summed E-state index contributed by atoms with van der Waals surface area (Å²) in [6.07, 6.45) is 7.35. The van der Waals surface area contributed by atoms with Gasteiger partial charge in [0.15, 0.2) is 0 Å². The number of para-hydroxylation sites is 1. The third-order valence-electron chi connectivity index (χ3n) is 4.61. The van der Waals surface area contributed by atoms with Crippen LogP contribution in [0.2, 0.25) is 0 Å². The average molecular weight is 332 g/mol. The summed E-state index contributed by atoms with van der Waals surface area (Å²) in [6.45, 7) is 0. The number of fused-ring (bicyclic) bond motifs is 1. The first-order valence-electron chi connectivity index (χ1n) is 8.54. The van der Waals surface area contributed by atoms with Gasteiger partial charge in [0, 0.05) is 23.1 Å². The van der Waals surface area contributed by atoms with Crippen LogP contribution in [-0.2, 0) is 9.59 Å². The van der Waals surface area contributed by atoms with Crippen LogP contribution in [0.25, 0.3) is 0 Å². The summed E-state index contributed by atoms with van der Waals surface area (Å²) < 4.78 is 0. The Hall–Kier alpha value is -1.49. The molecule has 0 bridgehead atoms. The number of benzene rings is 1. The first-order valence-corrected chi connectivity index (χ1v) is 9.53. The van der Waals surface area contributed by atoms with Crippen molar-refractivity contribution in [1.82, 2.24) is 5.32 Å². The molecule has 1 saturated carbocycles. The second-order valence-corrected chi connectivity index (χ2v) is 7.52. The largest absolute Gasteiger partial charge is 0.353 e. The zero-order valence-electron chi connectivity index (χ0n) is 13.3. The summed E-state index contributed by atoms with van der Waals surface area (Å²) in [4.78, 5) is 25.8. The predicted molar refractivity (Wildman–Crippen MR) is 93.5 cm³/mol. The van der Waals surface area contributed by atoms with Crippen molar-refractivity contribution in [1.29, 1.82) is 0 Å². The fourth-order valence-electron chi connectivity index (χ4n) is 3.28. The summed E-state index contributed by atoms with van der Waals surface area (Å²) >= 11 is 1.65. The van der Waals surface area contributed by atoms with E-state index in [0.29, 0.717) is 11.8 Å². The molecule has 1 aromatic carbocycles. The minimum atomic E-state index is -0.266. The molecule has 2 amide bonds. The lowest BCUT2D eigenvalue weighted by molar-refractivity contribution is -0.127. The van der Waals surface area contributed by atoms with Crippen LogP contribution in [0.15, 0.2) is 29.2 Å². The second-order valence-electron chi connectivity index (χ2n) is 6.45. The number of anilines is 1. The van der Waals surface area contributed by atoms with E-state index in [1.165, 1.54) is 25.7 Å². The number of carbonyl (C=O) groups excluding carboxylic acids is 2. The van der Waals surface area contributed by atoms with Crippen molar-refractivity contribution in [3.8, 4) is 0 Å². The van der Waals surface area contributed by atoms with Crippen LogP contribution in [-0.4, -0.2) is 23.6 Å². The lowest BCUT2D eigenvalue weighted by atomic mass is 10.0. The van der Waals surface area contributed by atoms with Gasteiger partial charge in [0.1, 0.15) is 0 Å². The Morgan fingerprint density at radius 1 is 1.17 bits per heavy atom. The molecule has 1 aromatic rings. The molecule has 2 N–H and O–H groups in total. The molecule has 1 aliphatic heterocycles. The van der Waals surface area contributed by atoms with Crippen LogP contribution in [0.1, 0.15) is 44.9 Å². The van der Waals surface area contributed by atoms with Gasteiger partial charge in [-0.25, -0.2) is 0 Å². The molecular weight excluding hydrogens is 308 g/mol. The van der Waals surface area contributed by atoms with E-state index in [-0.39, 0.29) is 24.2 Å². The summed E-state index contributed by atoms with van der Waals surface area (Å²) in [6, 6.07) is 8.10. The molecule has 1 heterocycles. The number of hydrogen-bond acceptors (Lipinski definition) is 3. The molecule has 1 atom stereocenters. The standard InChI is InChI=1S/C18H24N2O2S/c21-17(19-14-7-3-1-2-4-8-14)11-13-12-23-16-10-6-5-9-15(16)20-18(13)22/h5-6,9-10,13-14H,1-4,7-8,11-12H2,(H,19,21)(H,20,22). The summed E-state index contributed by atoms with van der Waals surface area (Å²) in [5.41, 5.74) is 0.856. The molecule has 0 saturated heterocycles. The van der Waals surface area contributed by atoms with Gasteiger partial charge in [-0.3, -0.25) is 9.59 Å². The van der Waals surface area contributed by atoms with E-state index in [2.05, 4.69) is 10.6 Å². The van der Waals surface area contributed by atoms with Gasteiger partial charge in [-0.2, -0.15) is 0 Å². The van der Waals surface area contributed by atoms with Crippen LogP contribution >= 0.6 is 11.8 Å². The molecule has 5 heteroatoms. The molecule has 2 aliphatic rings. The van der Waals surface area contributed by atoms with Crippen LogP contribution in [0.5, 0.6) is 0 Å². The Balaban J connectivity index is 1.55. The van der Waals surface area contributed by atoms with E-state index in [0.717, 1.165) is 23.4 Å². The number of rotatable bonds is 3. The maximum Gasteiger partial charge on any atom is 0.228 e. The highest BCUT2D eigenvalue weighted by Gasteiger charge is 2.27. The Morgan fingerprint density at radius 3 is 2.70 bits per heavy atom. The van der Waals surface area contributed by atoms with E-state index in [9.17, 15) is 9.59 Å². The number of thioether (sulfide) groups is 1. The van der Waals surface area contributed by atoms with Gasteiger partial charge in [0.2, 0.25) is 11.8 Å². The van der Waals surface area contributed by atoms with Gasteiger partial charge in [-0.05, 0) is 25.0 Å². The lowest BCUT2D eigenvalue weighted by Gasteiger charge is -2.18. The lowest BCUT2D eigenvalue weighted by Crippen LogP contribution is -2.37. The maximum absolute atomic E-state index is 12.4. The number of amides is 2. The monoisotopic (exact) mass is 332 g/mol. The van der Waals surface area contributed by atoms with E-state index in [1.807, 2.05) is 24.3 Å². The Kier molecular flexibility index (Phi) is 5.60. The van der Waals surface area contributed by atoms with Gasteiger partial charge in [-0.1, -0.05) is 37.8 Å². The maximum atomic E-state index is 12.4. The van der Waals surface area contributed by atoms with Crippen molar-refractivity contribution in [2.24, 2.45) is 5.92 Å². The minimum absolute atomic E-state index is 0.0172. The van der Waals surface area contributed by atoms with Crippen LogP contribution in [0.3, 0.4) is 0 Å². The van der Waals surface area contributed by atoms with Gasteiger partial charge < -0.3 is 10.6 Å². The van der Waals surface area contributed by atoms with Crippen molar-refractivity contribution in [2.45, 2.75) is 55.9 Å². The van der Waals surface area contributed by atoms with Crippen molar-refractivity contribution < 1.29 is 9.59 Å². The molecule has 1 fully saturated rings. The number of carbonyl (C=O) groups is 2. The van der Waals surface area contributed by atoms with Crippen LogP contribution in [0.4, 0.5) is 5.69 Å². The van der Waals surface area contributed by atoms with Crippen molar-refractivity contribution in [3.05, 3.63) is 24.3 Å². The van der Waals surface area contributed by atoms with Crippen molar-refractivity contribution in [3.63, 3.8) is 0 Å². The molecule has 4 nitrogen and oxygen atoms in total. The van der Waals surface area contributed by atoms with Crippen molar-refractivity contribution in [2.75, 3.05) is 11.1 Å². The van der Waals surface area contributed by atoms with Gasteiger partial charge in [0.25, 0.3) is 0 Å². The average Bonchev–Trinajstić information content (AvgIpc) is 2.88. The quantitative estimate of drug-likeness (QED) is 0.832. The molecular formula is C18H24N2O2S. The normalized spacial score (nSPS) is 22.4. The predicted octanol–water partition coefficient (Wildman–Crippen LogP) is 3.58. The zero-order chi connectivity index (χ0) is 16.1. The van der Waals surface area contributed by atoms with Crippen molar-refractivity contribution >= 4 is 29.3 Å². The highest BCUT2D eigenvalue weighted by molar-refractivity contribution is 7.99. The molecule has 0 aromatic heterocycles. The molecule has 1 aliphatic carbocycles. The fraction of sp³-hybridized carbons (Fsp3) is 0.556. The Morgan fingerprint density at radius 2 is 1.91 bits per heavy atom. The van der Waals surface area contributed by atoms with Crippen LogP contribution in [0, 0.1) is 5.92 Å². The number of nitrogens with one attached hydrogen (secondary N) is 2. The third-order valence-corrected chi connectivity index (χ3v) is 5.84. The minimum Gasteiger partial charge on any atom is -0.353 e. The third kappa shape index (κ3) is 4.50. The second kappa shape index (κ2) is 7.86. The summed E-state index contributed by atoms with van der Waals surface area (Å²) in [5.74, 6) is 0.362. The first kappa shape index (κ1) is 16.4. The molecule has 124 valence electrons. The molecule has 23 heavy (non-hydrogen) atoms. The molecule has 1 unspecified atom stereocenters. The molecule has 0 radical (unpaired) electrons. The Labute approximate surface area is 141 Å². The highest BCUT2D eigenvalue weighted by atomic mass is 32.2. The summed E-state index contributed by atoms with van der Waals surface area (Å²) in [5, 5.41) is 6.09. The topological polar surface area (TPSA) is 58.2 Å². The smallest absolute Gasteiger partial charge is 0.228 e. The first-order chi connectivity index (χ1) is 11.2. The summed E-state index contributed by atoms with van der Waals surface area (Å²) in [7, 11) is 0.